The lowest BCUT2D eigenvalue weighted by Gasteiger charge is -2.30. The van der Waals surface area contributed by atoms with Gasteiger partial charge in [-0.2, -0.15) is 5.26 Å². The van der Waals surface area contributed by atoms with Crippen LogP contribution in [0.3, 0.4) is 0 Å². The SMILES string of the molecule is CC(C)(C)c1c(C2CC2)cc(Cl)cc1C1CC1.CC(C)(C)c1cc(C2CC2)cc(C2CC2)c1.CC(C)c1cc(C#N)cc(C(C)C)c1C(C)(C)C.CC(C)c1cc(Cl)cc(C(C)C)c1C(C)(C)C.CC(C)c1cc(F)cc(C(C)C)c1C(C)(C)C. The Hall–Kier alpha value is -3.90. The van der Waals surface area contributed by atoms with Gasteiger partial charge in [0, 0.05) is 10.0 Å². The van der Waals surface area contributed by atoms with Crippen LogP contribution in [0.25, 0.3) is 0 Å². The highest BCUT2D eigenvalue weighted by atomic mass is 35.5. The predicted molar refractivity (Wildman–Crippen MR) is 373 cm³/mol. The zero-order chi connectivity index (χ0) is 64.4. The molecule has 468 valence electrons. The smallest absolute Gasteiger partial charge is 0.123 e. The maximum atomic E-state index is 13.7. The van der Waals surface area contributed by atoms with E-state index >= 15 is 0 Å². The monoisotopic (exact) mass is 1190 g/mol. The molecule has 0 bridgehead atoms. The van der Waals surface area contributed by atoms with E-state index in [4.69, 9.17) is 23.2 Å². The van der Waals surface area contributed by atoms with Crippen LogP contribution in [-0.4, -0.2) is 0 Å². The first kappa shape index (κ1) is 71.8. The Bertz CT molecular complexity index is 2760. The van der Waals surface area contributed by atoms with Crippen LogP contribution in [0.15, 0.2) is 66.7 Å². The molecule has 0 radical (unpaired) electrons. The van der Waals surface area contributed by atoms with E-state index in [0.717, 1.165) is 50.4 Å². The van der Waals surface area contributed by atoms with E-state index in [1.54, 1.807) is 45.5 Å². The molecule has 0 unspecified atom stereocenters. The molecule has 4 heteroatoms. The molecule has 85 heavy (non-hydrogen) atoms. The third-order valence-corrected chi connectivity index (χ3v) is 18.0. The van der Waals surface area contributed by atoms with E-state index < -0.39 is 0 Å². The first-order valence-electron chi connectivity index (χ1n) is 33.2. The van der Waals surface area contributed by atoms with Gasteiger partial charge in [0.1, 0.15) is 5.82 Å². The van der Waals surface area contributed by atoms with E-state index in [9.17, 15) is 9.65 Å². The molecular weight excluding hydrogens is 1080 g/mol. The summed E-state index contributed by atoms with van der Waals surface area (Å²) in [4.78, 5) is 0. The molecule has 5 aromatic carbocycles. The second kappa shape index (κ2) is 28.3. The number of hydrogen-bond acceptors (Lipinski definition) is 1. The predicted octanol–water partition coefficient (Wildman–Crippen LogP) is 26.5. The van der Waals surface area contributed by atoms with Gasteiger partial charge in [0.2, 0.25) is 0 Å². The third-order valence-electron chi connectivity index (χ3n) is 17.5. The maximum Gasteiger partial charge on any atom is 0.123 e. The number of benzene rings is 5. The first-order chi connectivity index (χ1) is 39.0. The zero-order valence-electron chi connectivity index (χ0n) is 58.9. The molecule has 4 aliphatic carbocycles. The molecule has 9 rings (SSSR count). The minimum atomic E-state index is -0.106. The third kappa shape index (κ3) is 20.1. The molecule has 4 saturated carbocycles. The van der Waals surface area contributed by atoms with Gasteiger partial charge in [0.05, 0.1) is 11.6 Å². The molecule has 0 spiro atoms. The average molecular weight is 1200 g/mol. The van der Waals surface area contributed by atoms with E-state index in [2.05, 4.69) is 248 Å². The van der Waals surface area contributed by atoms with E-state index in [1.807, 2.05) is 0 Å². The summed E-state index contributed by atoms with van der Waals surface area (Å²) in [6, 6.07) is 26.0. The van der Waals surface area contributed by atoms with Crippen LogP contribution in [0.1, 0.15) is 387 Å². The summed E-state index contributed by atoms with van der Waals surface area (Å²) in [6.45, 7) is 60.6. The number of rotatable bonds is 10. The lowest BCUT2D eigenvalue weighted by Crippen LogP contribution is -2.19. The molecule has 4 aliphatic rings. The summed E-state index contributed by atoms with van der Waals surface area (Å²) in [5.41, 5.74) is 23.1. The van der Waals surface area contributed by atoms with Crippen molar-refractivity contribution < 1.29 is 4.39 Å². The summed E-state index contributed by atoms with van der Waals surface area (Å²) in [5, 5.41) is 11.0. The summed E-state index contributed by atoms with van der Waals surface area (Å²) in [6.07, 6.45) is 11.1. The Morgan fingerprint density at radius 2 is 0.612 bits per heavy atom. The molecule has 0 amide bonds. The highest BCUT2D eigenvalue weighted by Gasteiger charge is 2.37. The van der Waals surface area contributed by atoms with Crippen LogP contribution in [0, 0.1) is 17.1 Å². The van der Waals surface area contributed by atoms with Crippen LogP contribution in [-0.2, 0) is 27.1 Å². The second-order valence-corrected chi connectivity index (χ2v) is 34.1. The zero-order valence-corrected chi connectivity index (χ0v) is 60.4. The highest BCUT2D eigenvalue weighted by Crippen LogP contribution is 2.52. The highest BCUT2D eigenvalue weighted by molar-refractivity contribution is 6.31. The van der Waals surface area contributed by atoms with Gasteiger partial charge >= 0.3 is 0 Å². The van der Waals surface area contributed by atoms with Gasteiger partial charge in [0.15, 0.2) is 0 Å². The number of nitrogens with zero attached hydrogens (tertiary/aromatic N) is 1. The molecular formula is C81H118Cl2FN. The lowest BCUT2D eigenvalue weighted by molar-refractivity contribution is 0.552. The number of hydrogen-bond donors (Lipinski definition) is 0. The number of halogens is 3. The largest absolute Gasteiger partial charge is 0.207 e. The topological polar surface area (TPSA) is 23.8 Å². The van der Waals surface area contributed by atoms with Gasteiger partial charge < -0.3 is 0 Å². The van der Waals surface area contributed by atoms with Crippen molar-refractivity contribution in [3.8, 4) is 6.07 Å². The Morgan fingerprint density at radius 1 is 0.353 bits per heavy atom. The van der Waals surface area contributed by atoms with Crippen molar-refractivity contribution in [3.63, 3.8) is 0 Å². The van der Waals surface area contributed by atoms with Crippen molar-refractivity contribution in [2.45, 2.75) is 325 Å². The van der Waals surface area contributed by atoms with Gasteiger partial charge in [-0.1, -0.05) is 228 Å². The van der Waals surface area contributed by atoms with Gasteiger partial charge in [0.25, 0.3) is 0 Å². The molecule has 0 aromatic heterocycles. The Kier molecular flexibility index (Phi) is 23.9. The minimum Gasteiger partial charge on any atom is -0.207 e. The van der Waals surface area contributed by atoms with Crippen molar-refractivity contribution >= 4 is 23.2 Å². The van der Waals surface area contributed by atoms with E-state index in [0.29, 0.717) is 40.9 Å². The Morgan fingerprint density at radius 3 is 0.847 bits per heavy atom. The van der Waals surface area contributed by atoms with Gasteiger partial charge in [-0.3, -0.25) is 0 Å². The summed E-state index contributed by atoms with van der Waals surface area (Å²) >= 11 is 12.6. The minimum absolute atomic E-state index is 0.0624. The molecule has 5 aromatic rings. The molecule has 0 saturated heterocycles. The second-order valence-electron chi connectivity index (χ2n) is 33.2. The molecule has 0 N–H and O–H groups in total. The van der Waals surface area contributed by atoms with Crippen molar-refractivity contribution in [1.29, 1.82) is 5.26 Å². The molecule has 4 fully saturated rings. The van der Waals surface area contributed by atoms with Crippen LogP contribution >= 0.6 is 23.2 Å². The van der Waals surface area contributed by atoms with Gasteiger partial charge in [-0.25, -0.2) is 4.39 Å². The lowest BCUT2D eigenvalue weighted by atomic mass is 9.75. The van der Waals surface area contributed by atoms with E-state index in [1.165, 1.54) is 90.3 Å². The molecule has 0 heterocycles. The molecule has 0 aliphatic heterocycles. The summed E-state index contributed by atoms with van der Waals surface area (Å²) in [7, 11) is 0. The fourth-order valence-corrected chi connectivity index (χ4v) is 13.2. The first-order valence-corrected chi connectivity index (χ1v) is 34.0. The van der Waals surface area contributed by atoms with Crippen molar-refractivity contribution in [1.82, 2.24) is 0 Å². The van der Waals surface area contributed by atoms with Gasteiger partial charge in [-0.15, -0.1) is 0 Å². The quantitative estimate of drug-likeness (QED) is 0.137. The normalized spacial score (nSPS) is 15.7. The van der Waals surface area contributed by atoms with Crippen molar-refractivity contribution in [2.75, 3.05) is 0 Å². The van der Waals surface area contributed by atoms with Crippen LogP contribution in [0.5, 0.6) is 0 Å². The molecule has 0 atom stereocenters. The van der Waals surface area contributed by atoms with Crippen LogP contribution in [0.2, 0.25) is 10.0 Å². The maximum absolute atomic E-state index is 13.7. The fourth-order valence-electron chi connectivity index (χ4n) is 12.7. The van der Waals surface area contributed by atoms with Gasteiger partial charge in [-0.05, 0) is 270 Å². The fraction of sp³-hybridized carbons (Fsp3) is 0.617. The summed E-state index contributed by atoms with van der Waals surface area (Å²) < 4.78 is 13.7. The van der Waals surface area contributed by atoms with Crippen molar-refractivity contribution in [3.05, 3.63) is 172 Å². The Labute approximate surface area is 531 Å². The van der Waals surface area contributed by atoms with Crippen molar-refractivity contribution in [2.24, 2.45) is 0 Å². The summed E-state index contributed by atoms with van der Waals surface area (Å²) in [5.74, 6) is 5.90. The van der Waals surface area contributed by atoms with Crippen LogP contribution < -0.4 is 0 Å². The van der Waals surface area contributed by atoms with Crippen LogP contribution in [0.4, 0.5) is 4.39 Å². The Balaban J connectivity index is 0.000000194. The molecule has 1 nitrogen and oxygen atoms in total. The average Bonchev–Trinajstić information content (AvgIpc) is 4.15. The standard InChI is InChI=1S/C17H25N.C16H21Cl.C16H25Cl.C16H25F.C16H22/c1-11(2)14-8-13(10-18)9-15(12(3)4)16(14)17(5,6)7;1-16(2,3)15-13(10-4-5-10)8-12(17)9-14(15)11-6-7-11;2*1-10(2)13-8-12(17)9-14(11(3)4)15(13)16(5,6)7;1-16(2,3)15-9-13(11-4-5-11)8-14(10-15)12-6-7-12/h8-9,11-12H,1-7H3;8-11H,4-7H2,1-3H3;2*8-11H,1-7H3;8-12H,4-7H2,1-3H3. The van der Waals surface area contributed by atoms with E-state index in [-0.39, 0.29) is 27.5 Å². The number of nitriles is 1.